The van der Waals surface area contributed by atoms with Gasteiger partial charge >= 0.3 is 0 Å². The minimum atomic E-state index is -0.580. The second-order valence-electron chi connectivity index (χ2n) is 7.42. The Kier molecular flexibility index (Phi) is 6.86. The number of thioether (sulfide) groups is 1. The molecule has 0 bridgehead atoms. The van der Waals surface area contributed by atoms with Gasteiger partial charge in [-0.3, -0.25) is 9.36 Å². The summed E-state index contributed by atoms with van der Waals surface area (Å²) in [6, 6.07) is 8.29. The highest BCUT2D eigenvalue weighted by Crippen LogP contribution is 2.29. The van der Waals surface area contributed by atoms with Crippen LogP contribution in [0.25, 0.3) is 5.69 Å². The van der Waals surface area contributed by atoms with Gasteiger partial charge in [-0.1, -0.05) is 49.2 Å². The molecule has 1 amide bonds. The van der Waals surface area contributed by atoms with E-state index in [0.29, 0.717) is 18.0 Å². The van der Waals surface area contributed by atoms with Crippen LogP contribution < -0.4 is 10.2 Å². The van der Waals surface area contributed by atoms with Crippen LogP contribution >= 0.6 is 11.8 Å². The van der Waals surface area contributed by atoms with Crippen molar-refractivity contribution < 1.29 is 4.79 Å². The van der Waals surface area contributed by atoms with Crippen LogP contribution in [-0.4, -0.2) is 45.1 Å². The third-order valence-electron chi connectivity index (χ3n) is 5.49. The van der Waals surface area contributed by atoms with Crippen LogP contribution in [0.4, 0.5) is 5.95 Å². The van der Waals surface area contributed by atoms with Crippen molar-refractivity contribution >= 4 is 23.6 Å². The fourth-order valence-electron chi connectivity index (χ4n) is 3.50. The zero-order chi connectivity index (χ0) is 20.9. The SMILES string of the molecule is C#CC(CC)(CC)NC(=O)CSc1nnc(N2CCCC2)n1-c1ccc(C)cc1. The van der Waals surface area contributed by atoms with Crippen molar-refractivity contribution in [3.8, 4) is 18.0 Å². The van der Waals surface area contributed by atoms with Crippen molar-refractivity contribution in [2.75, 3.05) is 23.7 Å². The Labute approximate surface area is 177 Å². The number of rotatable bonds is 8. The van der Waals surface area contributed by atoms with Gasteiger partial charge in [0.1, 0.15) is 5.54 Å². The van der Waals surface area contributed by atoms with Gasteiger partial charge in [-0.2, -0.15) is 0 Å². The van der Waals surface area contributed by atoms with Crippen LogP contribution in [0, 0.1) is 19.3 Å². The third kappa shape index (κ3) is 4.76. The van der Waals surface area contributed by atoms with Gasteiger partial charge in [0, 0.05) is 13.1 Å². The minimum Gasteiger partial charge on any atom is -0.341 e. The van der Waals surface area contributed by atoms with E-state index in [4.69, 9.17) is 6.42 Å². The Bertz CT molecular complexity index is 874. The zero-order valence-electron chi connectivity index (χ0n) is 17.4. The maximum Gasteiger partial charge on any atom is 0.232 e. The second kappa shape index (κ2) is 9.36. The van der Waals surface area contributed by atoms with Gasteiger partial charge in [0.05, 0.1) is 11.4 Å². The summed E-state index contributed by atoms with van der Waals surface area (Å²) >= 11 is 1.39. The predicted octanol–water partition coefficient (Wildman–Crippen LogP) is 3.58. The van der Waals surface area contributed by atoms with Crippen LogP contribution in [0.5, 0.6) is 0 Å². The number of hydrogen-bond acceptors (Lipinski definition) is 5. The maximum atomic E-state index is 12.6. The first kappa shape index (κ1) is 21.3. The van der Waals surface area contributed by atoms with E-state index in [-0.39, 0.29) is 11.7 Å². The standard InChI is InChI=1S/C22H29N5OS/c1-5-22(6-2,7-3)23-19(28)16-29-21-25-24-20(26-14-8-9-15-26)27(21)18-12-10-17(4)11-13-18/h1,10-13H,6-9,14-16H2,2-4H3,(H,23,28). The summed E-state index contributed by atoms with van der Waals surface area (Å²) in [7, 11) is 0. The summed E-state index contributed by atoms with van der Waals surface area (Å²) in [5.74, 6) is 3.75. The molecule has 0 radical (unpaired) electrons. The molecular weight excluding hydrogens is 382 g/mol. The van der Waals surface area contributed by atoms with E-state index >= 15 is 0 Å². The Balaban J connectivity index is 1.81. The number of nitrogens with zero attached hydrogens (tertiary/aromatic N) is 4. The molecule has 0 unspecified atom stereocenters. The van der Waals surface area contributed by atoms with Crippen molar-refractivity contribution in [3.05, 3.63) is 29.8 Å². The summed E-state index contributed by atoms with van der Waals surface area (Å²) in [4.78, 5) is 14.8. The molecule has 1 aromatic carbocycles. The first-order valence-corrected chi connectivity index (χ1v) is 11.2. The van der Waals surface area contributed by atoms with Gasteiger partial charge in [0.15, 0.2) is 5.16 Å². The van der Waals surface area contributed by atoms with E-state index in [0.717, 1.165) is 37.6 Å². The molecule has 2 aromatic rings. The normalized spacial score (nSPS) is 14.1. The molecule has 0 saturated carbocycles. The maximum absolute atomic E-state index is 12.6. The molecule has 1 aliphatic rings. The molecule has 0 aliphatic carbocycles. The molecule has 0 atom stereocenters. The van der Waals surface area contributed by atoms with Crippen LogP contribution in [0.15, 0.2) is 29.4 Å². The Morgan fingerprint density at radius 2 is 1.86 bits per heavy atom. The molecule has 29 heavy (non-hydrogen) atoms. The summed E-state index contributed by atoms with van der Waals surface area (Å²) < 4.78 is 2.05. The van der Waals surface area contributed by atoms with Gasteiger partial charge in [-0.05, 0) is 44.7 Å². The molecule has 1 N–H and O–H groups in total. The summed E-state index contributed by atoms with van der Waals surface area (Å²) in [5.41, 5.74) is 1.62. The fourth-order valence-corrected chi connectivity index (χ4v) is 4.24. The lowest BCUT2D eigenvalue weighted by Crippen LogP contribution is -2.47. The van der Waals surface area contributed by atoms with Gasteiger partial charge in [0.2, 0.25) is 11.9 Å². The monoisotopic (exact) mass is 411 g/mol. The number of carbonyl (C=O) groups excluding carboxylic acids is 1. The number of terminal acetylenes is 1. The molecule has 7 heteroatoms. The zero-order valence-corrected chi connectivity index (χ0v) is 18.3. The number of aromatic nitrogens is 3. The van der Waals surface area contributed by atoms with E-state index in [1.54, 1.807) is 0 Å². The molecule has 1 fully saturated rings. The molecule has 3 rings (SSSR count). The lowest BCUT2D eigenvalue weighted by atomic mass is 9.94. The van der Waals surface area contributed by atoms with E-state index in [1.165, 1.54) is 17.3 Å². The number of nitrogens with one attached hydrogen (secondary N) is 1. The highest BCUT2D eigenvalue weighted by atomic mass is 32.2. The number of carbonyl (C=O) groups is 1. The van der Waals surface area contributed by atoms with Crippen molar-refractivity contribution in [3.63, 3.8) is 0 Å². The lowest BCUT2D eigenvalue weighted by molar-refractivity contribution is -0.119. The molecule has 0 spiro atoms. The summed E-state index contributed by atoms with van der Waals surface area (Å²) in [6.07, 6.45) is 9.39. The first-order chi connectivity index (χ1) is 14.0. The Hall–Kier alpha value is -2.46. The van der Waals surface area contributed by atoms with Crippen LogP contribution in [0.3, 0.4) is 0 Å². The lowest BCUT2D eigenvalue weighted by Gasteiger charge is -2.26. The number of anilines is 1. The predicted molar refractivity (Wildman–Crippen MR) is 119 cm³/mol. The van der Waals surface area contributed by atoms with Gasteiger partial charge in [-0.15, -0.1) is 16.6 Å². The van der Waals surface area contributed by atoms with Crippen molar-refractivity contribution in [2.24, 2.45) is 0 Å². The van der Waals surface area contributed by atoms with Gasteiger partial charge in [-0.25, -0.2) is 0 Å². The van der Waals surface area contributed by atoms with E-state index in [1.807, 2.05) is 13.8 Å². The molecule has 1 aliphatic heterocycles. The van der Waals surface area contributed by atoms with E-state index in [9.17, 15) is 4.79 Å². The van der Waals surface area contributed by atoms with Crippen LogP contribution in [0.1, 0.15) is 45.1 Å². The Morgan fingerprint density at radius 3 is 2.45 bits per heavy atom. The smallest absolute Gasteiger partial charge is 0.232 e. The van der Waals surface area contributed by atoms with Crippen molar-refractivity contribution in [1.82, 2.24) is 20.1 Å². The molecule has 1 saturated heterocycles. The van der Waals surface area contributed by atoms with Gasteiger partial charge < -0.3 is 10.2 Å². The van der Waals surface area contributed by atoms with E-state index in [2.05, 4.69) is 62.1 Å². The average molecular weight is 412 g/mol. The topological polar surface area (TPSA) is 63.1 Å². The number of aryl methyl sites for hydroxylation is 1. The third-order valence-corrected chi connectivity index (χ3v) is 6.42. The average Bonchev–Trinajstić information content (AvgIpc) is 3.41. The van der Waals surface area contributed by atoms with Crippen molar-refractivity contribution in [2.45, 2.75) is 57.1 Å². The van der Waals surface area contributed by atoms with Crippen molar-refractivity contribution in [1.29, 1.82) is 0 Å². The molecule has 154 valence electrons. The number of hydrogen-bond donors (Lipinski definition) is 1. The highest BCUT2D eigenvalue weighted by molar-refractivity contribution is 7.99. The minimum absolute atomic E-state index is 0.0853. The largest absolute Gasteiger partial charge is 0.341 e. The quantitative estimate of drug-likeness (QED) is 0.531. The van der Waals surface area contributed by atoms with Crippen LogP contribution in [-0.2, 0) is 4.79 Å². The fraction of sp³-hybridized carbons (Fsp3) is 0.500. The summed E-state index contributed by atoms with van der Waals surface area (Å²) in [5, 5.41) is 12.6. The molecule has 6 nitrogen and oxygen atoms in total. The second-order valence-corrected chi connectivity index (χ2v) is 8.36. The first-order valence-electron chi connectivity index (χ1n) is 10.2. The highest BCUT2D eigenvalue weighted by Gasteiger charge is 2.26. The van der Waals surface area contributed by atoms with Gasteiger partial charge in [0.25, 0.3) is 0 Å². The molecule has 1 aromatic heterocycles. The summed E-state index contributed by atoms with van der Waals surface area (Å²) in [6.45, 7) is 8.01. The Morgan fingerprint density at radius 1 is 1.21 bits per heavy atom. The molecular formula is C22H29N5OS. The number of benzene rings is 1. The number of amides is 1. The molecule has 2 heterocycles. The van der Waals surface area contributed by atoms with Crippen LogP contribution in [0.2, 0.25) is 0 Å². The van der Waals surface area contributed by atoms with E-state index < -0.39 is 5.54 Å².